The molecule has 1 aliphatic heterocycles. The van der Waals surface area contributed by atoms with Crippen LogP contribution in [0.5, 0.6) is 5.75 Å². The molecule has 344 valence electrons. The van der Waals surface area contributed by atoms with E-state index in [1.165, 1.54) is 31.4 Å². The lowest BCUT2D eigenvalue weighted by Crippen LogP contribution is -2.53. The van der Waals surface area contributed by atoms with Crippen LogP contribution in [0.3, 0.4) is 0 Å². The maximum absolute atomic E-state index is 14.3. The Hall–Kier alpha value is -4.70. The lowest BCUT2D eigenvalue weighted by Gasteiger charge is -2.40. The van der Waals surface area contributed by atoms with Crippen LogP contribution in [0.2, 0.25) is 0 Å². The van der Waals surface area contributed by atoms with Crippen molar-refractivity contribution in [3.63, 3.8) is 0 Å². The van der Waals surface area contributed by atoms with Crippen LogP contribution < -0.4 is 9.46 Å². The minimum absolute atomic E-state index is 0.0327. The highest BCUT2D eigenvalue weighted by atomic mass is 32.2. The summed E-state index contributed by atoms with van der Waals surface area (Å²) >= 11 is 0. The first-order valence-electron chi connectivity index (χ1n) is 21.9. The van der Waals surface area contributed by atoms with Crippen molar-refractivity contribution in [2.75, 3.05) is 26.5 Å². The number of esters is 1. The number of methoxy groups -OCH3 is 1. The molecule has 15 nitrogen and oxygen atoms in total. The number of nitrogens with one attached hydrogen (secondary N) is 1. The van der Waals surface area contributed by atoms with Crippen LogP contribution in [0.1, 0.15) is 105 Å². The van der Waals surface area contributed by atoms with Gasteiger partial charge in [-0.2, -0.15) is 0 Å². The molecule has 8 atom stereocenters. The molecule has 0 aliphatic carbocycles. The van der Waals surface area contributed by atoms with E-state index in [1.54, 1.807) is 23.8 Å². The van der Waals surface area contributed by atoms with Gasteiger partial charge in [-0.05, 0) is 61.1 Å². The number of benzene rings is 2. The molecule has 1 aliphatic rings. The Kier molecular flexibility index (Phi) is 20.2. The summed E-state index contributed by atoms with van der Waals surface area (Å²) in [5, 5.41) is 11.0. The molecule has 1 saturated heterocycles. The number of hydrogen-bond acceptors (Lipinski definition) is 11. The molecule has 16 heteroatoms. The zero-order valence-electron chi connectivity index (χ0n) is 37.9. The minimum atomic E-state index is -3.87. The maximum atomic E-state index is 14.3. The largest absolute Gasteiger partial charge is 0.427 e. The van der Waals surface area contributed by atoms with Crippen LogP contribution in [0.15, 0.2) is 54.6 Å². The molecule has 0 aromatic heterocycles. The zero-order valence-corrected chi connectivity index (χ0v) is 38.7. The number of carbonyl (C=O) groups is 5. The fourth-order valence-corrected chi connectivity index (χ4v) is 9.60. The van der Waals surface area contributed by atoms with E-state index in [9.17, 15) is 42.5 Å². The van der Waals surface area contributed by atoms with Gasteiger partial charge in [0.2, 0.25) is 27.7 Å². The number of unbranched alkanes of at least 4 members (excludes halogenated alkanes) is 1. The summed E-state index contributed by atoms with van der Waals surface area (Å²) in [6, 6.07) is 13.5. The molecule has 0 radical (unpaired) electrons. The Morgan fingerprint density at radius 1 is 0.952 bits per heavy atom. The number of ether oxygens (including phenoxy) is 2. The predicted octanol–water partition coefficient (Wildman–Crippen LogP) is 6.77. The number of ketones is 1. The molecular formula is C46H68N4O11S. The van der Waals surface area contributed by atoms with E-state index in [0.717, 1.165) is 12.0 Å². The van der Waals surface area contributed by atoms with Gasteiger partial charge in [0.25, 0.3) is 5.69 Å². The number of rotatable bonds is 25. The van der Waals surface area contributed by atoms with E-state index >= 15 is 0 Å². The van der Waals surface area contributed by atoms with Gasteiger partial charge in [0.05, 0.1) is 41.6 Å². The number of amides is 3. The van der Waals surface area contributed by atoms with Crippen molar-refractivity contribution in [3.8, 4) is 5.75 Å². The smallest absolute Gasteiger partial charge is 0.311 e. The molecule has 3 rings (SSSR count). The third kappa shape index (κ3) is 14.7. The number of Topliss-reactive ketones (excluding diaryl/α,β-unsaturated/α-hetero) is 1. The van der Waals surface area contributed by atoms with Crippen LogP contribution in [-0.2, 0) is 45.2 Å². The van der Waals surface area contributed by atoms with E-state index in [-0.39, 0.29) is 84.3 Å². The third-order valence-corrected chi connectivity index (χ3v) is 13.9. The van der Waals surface area contributed by atoms with E-state index in [4.69, 9.17) is 9.47 Å². The first-order chi connectivity index (χ1) is 29.2. The van der Waals surface area contributed by atoms with Crippen LogP contribution in [0.4, 0.5) is 5.69 Å². The van der Waals surface area contributed by atoms with Crippen molar-refractivity contribution in [1.82, 2.24) is 14.5 Å². The topological polar surface area (TPSA) is 200 Å². The summed E-state index contributed by atoms with van der Waals surface area (Å²) < 4.78 is 39.0. The first-order valence-corrected chi connectivity index (χ1v) is 23.5. The number of sulfonamides is 1. The van der Waals surface area contributed by atoms with Crippen molar-refractivity contribution in [2.45, 2.75) is 124 Å². The molecule has 3 amide bonds. The van der Waals surface area contributed by atoms with Gasteiger partial charge in [-0.3, -0.25) is 38.8 Å². The zero-order chi connectivity index (χ0) is 46.3. The number of nitro groups is 1. The number of non-ortho nitro benzene ring substituents is 1. The molecular weight excluding hydrogens is 817 g/mol. The SMILES string of the molecule is CCCCS(=O)(=O)NC(=O)[C@@H](CC(=O)[C@H](C)[C@@H](C)[C@@H]1CCCN1C(=O)C[C@@H](OC)[C@H]([C@@H](C)CC)N(C)C(=O)[C@@H](CC(=O)Oc1ccc([N+](=O)[O-])cc1)C(C)C)Cc1ccccc1. The molecule has 1 fully saturated rings. The monoisotopic (exact) mass is 884 g/mol. The lowest BCUT2D eigenvalue weighted by molar-refractivity contribution is -0.384. The number of hydrogen-bond donors (Lipinski definition) is 1. The van der Waals surface area contributed by atoms with Gasteiger partial charge in [0, 0.05) is 57.1 Å². The average molecular weight is 885 g/mol. The molecule has 62 heavy (non-hydrogen) atoms. The van der Waals surface area contributed by atoms with Crippen LogP contribution >= 0.6 is 0 Å². The van der Waals surface area contributed by atoms with Gasteiger partial charge < -0.3 is 19.3 Å². The number of nitrogens with zero attached hydrogens (tertiary/aromatic N) is 3. The molecule has 0 spiro atoms. The lowest BCUT2D eigenvalue weighted by atomic mass is 9.81. The average Bonchev–Trinajstić information content (AvgIpc) is 3.74. The summed E-state index contributed by atoms with van der Waals surface area (Å²) in [4.78, 5) is 82.9. The molecule has 0 bridgehead atoms. The molecule has 0 saturated carbocycles. The minimum Gasteiger partial charge on any atom is -0.427 e. The number of carbonyl (C=O) groups excluding carboxylic acids is 5. The second kappa shape index (κ2) is 24.2. The Balaban J connectivity index is 1.75. The first kappa shape index (κ1) is 51.6. The molecule has 2 aromatic rings. The van der Waals surface area contributed by atoms with Gasteiger partial charge in [-0.15, -0.1) is 0 Å². The second-order valence-corrected chi connectivity index (χ2v) is 19.1. The Bertz CT molecular complexity index is 1930. The van der Waals surface area contributed by atoms with Crippen molar-refractivity contribution in [1.29, 1.82) is 0 Å². The van der Waals surface area contributed by atoms with Crippen LogP contribution in [0.25, 0.3) is 0 Å². The second-order valence-electron chi connectivity index (χ2n) is 17.2. The van der Waals surface area contributed by atoms with Crippen molar-refractivity contribution in [3.05, 3.63) is 70.3 Å². The molecule has 2 aromatic carbocycles. The van der Waals surface area contributed by atoms with Gasteiger partial charge in [0.15, 0.2) is 0 Å². The van der Waals surface area contributed by atoms with Gasteiger partial charge in [0.1, 0.15) is 11.5 Å². The van der Waals surface area contributed by atoms with Gasteiger partial charge in [-0.25, -0.2) is 8.42 Å². The van der Waals surface area contributed by atoms with Crippen LogP contribution in [0, 0.1) is 45.6 Å². The predicted molar refractivity (Wildman–Crippen MR) is 236 cm³/mol. The van der Waals surface area contributed by atoms with E-state index in [0.29, 0.717) is 32.2 Å². The van der Waals surface area contributed by atoms with E-state index in [2.05, 4.69) is 4.72 Å². The van der Waals surface area contributed by atoms with E-state index < -0.39 is 56.7 Å². The molecule has 0 unspecified atom stereocenters. The van der Waals surface area contributed by atoms with Crippen molar-refractivity contribution in [2.24, 2.45) is 35.5 Å². The molecule has 1 N–H and O–H groups in total. The van der Waals surface area contributed by atoms with Gasteiger partial charge in [-0.1, -0.05) is 91.6 Å². The van der Waals surface area contributed by atoms with Crippen molar-refractivity contribution < 1.29 is 46.8 Å². The Morgan fingerprint density at radius 3 is 2.16 bits per heavy atom. The summed E-state index contributed by atoms with van der Waals surface area (Å²) in [5.74, 6) is -4.97. The fourth-order valence-electron chi connectivity index (χ4n) is 8.36. The summed E-state index contributed by atoms with van der Waals surface area (Å²) in [5.41, 5.74) is 0.655. The fraction of sp³-hybridized carbons (Fsp3) is 0.630. The number of nitro benzene ring substituents is 1. The summed E-state index contributed by atoms with van der Waals surface area (Å²) in [6.45, 7) is 13.7. The highest BCUT2D eigenvalue weighted by Crippen LogP contribution is 2.33. The van der Waals surface area contributed by atoms with Crippen molar-refractivity contribution >= 4 is 45.2 Å². The standard InChI is InChI=1S/C46H68N4O11S/c1-10-12-25-62(58,59)47-45(54)35(26-34-17-14-13-15-18-34)27-40(51)33(7)32(6)39-19-16-24-49(39)42(52)29-41(60-9)44(31(5)11-2)48(8)46(55)38(30(3)4)28-43(53)61-37-22-20-36(21-23-37)50(56)57/h13-15,17-18,20-23,30-33,35,38-39,41,44H,10-12,16,19,24-29H2,1-9H3,(H,47,54)/t31-,32+,33+,35+,38-,39-,41+,44-/m0/s1. The number of likely N-dealkylation sites (N-methyl/N-ethyl adjacent to an activating group) is 1. The van der Waals surface area contributed by atoms with E-state index in [1.807, 2.05) is 71.9 Å². The summed E-state index contributed by atoms with van der Waals surface area (Å²) in [7, 11) is -0.699. The maximum Gasteiger partial charge on any atom is 0.311 e. The highest BCUT2D eigenvalue weighted by molar-refractivity contribution is 7.90. The third-order valence-electron chi connectivity index (χ3n) is 12.6. The Morgan fingerprint density at radius 2 is 1.60 bits per heavy atom. The quantitative estimate of drug-likeness (QED) is 0.0478. The van der Waals surface area contributed by atoms with Crippen LogP contribution in [-0.4, -0.2) is 97.3 Å². The Labute approximate surface area is 367 Å². The van der Waals surface area contributed by atoms with Gasteiger partial charge >= 0.3 is 5.97 Å². The number of likely N-dealkylation sites (tertiary alicyclic amines) is 1. The normalized spacial score (nSPS) is 17.6. The highest BCUT2D eigenvalue weighted by Gasteiger charge is 2.42. The molecule has 1 heterocycles. The summed E-state index contributed by atoms with van der Waals surface area (Å²) in [6.07, 6.45) is 2.18.